The van der Waals surface area contributed by atoms with Crippen LogP contribution in [0.25, 0.3) is 0 Å². The second kappa shape index (κ2) is 14.2. The number of hydrogen-bond donors (Lipinski definition) is 1. The molecule has 0 fully saturated rings. The van der Waals surface area contributed by atoms with Gasteiger partial charge in [-0.1, -0.05) is 48.0 Å². The number of hydrogen-bond acceptors (Lipinski definition) is 8. The fourth-order valence-electron chi connectivity index (χ4n) is 4.10. The van der Waals surface area contributed by atoms with Gasteiger partial charge in [-0.3, -0.25) is 9.10 Å². The Kier molecular flexibility index (Phi) is 10.2. The highest BCUT2D eigenvalue weighted by Gasteiger charge is 2.28. The molecule has 224 valence electrons. The number of methoxy groups -OCH3 is 3. The molecule has 0 bridgehead atoms. The summed E-state index contributed by atoms with van der Waals surface area (Å²) in [5.41, 5.74) is 5.18. The Morgan fingerprint density at radius 3 is 2.14 bits per heavy atom. The second-order valence-electron chi connectivity index (χ2n) is 9.34. The van der Waals surface area contributed by atoms with E-state index in [4.69, 9.17) is 18.9 Å². The van der Waals surface area contributed by atoms with Crippen LogP contribution >= 0.6 is 0 Å². The fourth-order valence-corrected chi connectivity index (χ4v) is 5.51. The molecular weight excluding hydrogens is 570 g/mol. The van der Waals surface area contributed by atoms with Gasteiger partial charge < -0.3 is 18.9 Å². The van der Waals surface area contributed by atoms with Crippen LogP contribution in [0, 0.1) is 6.92 Å². The number of nitrogens with one attached hydrogen (secondary N) is 1. The highest BCUT2D eigenvalue weighted by atomic mass is 32.2. The van der Waals surface area contributed by atoms with Gasteiger partial charge >= 0.3 is 0 Å². The molecular formula is C32H33N3O7S. The number of hydrazone groups is 1. The lowest BCUT2D eigenvalue weighted by Gasteiger charge is -2.24. The minimum Gasteiger partial charge on any atom is -0.493 e. The summed E-state index contributed by atoms with van der Waals surface area (Å²) >= 11 is 0. The van der Waals surface area contributed by atoms with E-state index in [1.54, 1.807) is 36.4 Å². The average Bonchev–Trinajstić information content (AvgIpc) is 3.03. The molecule has 0 heterocycles. The number of aryl methyl sites for hydroxylation is 1. The van der Waals surface area contributed by atoms with E-state index in [0.29, 0.717) is 35.2 Å². The fraction of sp³-hybridized carbons (Fsp3) is 0.188. The molecule has 0 unspecified atom stereocenters. The monoisotopic (exact) mass is 603 g/mol. The number of anilines is 1. The van der Waals surface area contributed by atoms with Gasteiger partial charge in [0.15, 0.2) is 23.0 Å². The minimum absolute atomic E-state index is 0.0332. The molecule has 4 aromatic rings. The number of nitrogens with zero attached hydrogens (tertiary/aromatic N) is 2. The van der Waals surface area contributed by atoms with Crippen LogP contribution in [-0.4, -0.2) is 48.4 Å². The number of ether oxygens (including phenoxy) is 4. The minimum atomic E-state index is -4.13. The summed E-state index contributed by atoms with van der Waals surface area (Å²) in [6, 6.07) is 26.0. The van der Waals surface area contributed by atoms with Gasteiger partial charge in [0, 0.05) is 6.07 Å². The highest BCUT2D eigenvalue weighted by Crippen LogP contribution is 2.34. The van der Waals surface area contributed by atoms with Gasteiger partial charge in [-0.25, -0.2) is 13.8 Å². The van der Waals surface area contributed by atoms with E-state index in [2.05, 4.69) is 10.5 Å². The Hall–Kier alpha value is -5.03. The summed E-state index contributed by atoms with van der Waals surface area (Å²) < 4.78 is 50.3. The van der Waals surface area contributed by atoms with E-state index in [-0.39, 0.29) is 10.6 Å². The van der Waals surface area contributed by atoms with Crippen LogP contribution in [0.15, 0.2) is 101 Å². The van der Waals surface area contributed by atoms with E-state index in [1.807, 2.05) is 37.3 Å². The molecule has 1 amide bonds. The summed E-state index contributed by atoms with van der Waals surface area (Å²) in [5, 5.41) is 4.03. The largest absolute Gasteiger partial charge is 0.493 e. The topological polar surface area (TPSA) is 116 Å². The van der Waals surface area contributed by atoms with E-state index >= 15 is 0 Å². The zero-order valence-corrected chi connectivity index (χ0v) is 25.1. The molecule has 0 aliphatic rings. The molecule has 43 heavy (non-hydrogen) atoms. The molecule has 11 heteroatoms. The number of carbonyl (C=O) groups excluding carboxylic acids is 1. The lowest BCUT2D eigenvalue weighted by atomic mass is 10.2. The summed E-state index contributed by atoms with van der Waals surface area (Å²) in [6.45, 7) is 1.69. The number of carbonyl (C=O) groups is 1. The first-order chi connectivity index (χ1) is 20.7. The molecule has 0 saturated carbocycles. The maximum absolute atomic E-state index is 13.7. The third-order valence-corrected chi connectivity index (χ3v) is 8.17. The standard InChI is InChI=1S/C32H33N3O7S/c1-23-10-14-27(15-11-23)43(37,38)35(26-13-17-28(39-2)31(19-26)41-4)21-32(36)34-33-20-25-12-16-29(30(18-25)40-3)42-22-24-8-6-5-7-9-24/h5-20H,21-22H2,1-4H3,(H,34,36)/b33-20+. The van der Waals surface area contributed by atoms with Crippen LogP contribution in [0.4, 0.5) is 5.69 Å². The van der Waals surface area contributed by atoms with Crippen molar-refractivity contribution in [3.8, 4) is 23.0 Å². The zero-order valence-electron chi connectivity index (χ0n) is 24.3. The molecule has 0 aliphatic carbocycles. The van der Waals surface area contributed by atoms with Gasteiger partial charge in [-0.05, 0) is 60.5 Å². The molecule has 0 radical (unpaired) electrons. The predicted molar refractivity (Wildman–Crippen MR) is 165 cm³/mol. The first kappa shape index (κ1) is 30.9. The molecule has 4 rings (SSSR count). The second-order valence-corrected chi connectivity index (χ2v) is 11.2. The molecule has 0 aromatic heterocycles. The van der Waals surface area contributed by atoms with Gasteiger partial charge in [0.05, 0.1) is 38.1 Å². The smallest absolute Gasteiger partial charge is 0.264 e. The van der Waals surface area contributed by atoms with Crippen LogP contribution in [0.3, 0.4) is 0 Å². The number of amides is 1. The van der Waals surface area contributed by atoms with E-state index in [9.17, 15) is 13.2 Å². The normalized spacial score (nSPS) is 11.2. The molecule has 0 saturated heterocycles. The van der Waals surface area contributed by atoms with Crippen LogP contribution in [-0.2, 0) is 21.4 Å². The SMILES string of the molecule is COc1ccc(N(CC(=O)N/N=C/c2ccc(OCc3ccccc3)c(OC)c2)S(=O)(=O)c2ccc(C)cc2)cc1OC. The number of benzene rings is 4. The maximum Gasteiger partial charge on any atom is 0.264 e. The van der Waals surface area contributed by atoms with Crippen molar-refractivity contribution in [1.29, 1.82) is 0 Å². The van der Waals surface area contributed by atoms with E-state index in [0.717, 1.165) is 15.4 Å². The maximum atomic E-state index is 13.7. The first-order valence-electron chi connectivity index (χ1n) is 13.2. The van der Waals surface area contributed by atoms with Crippen molar-refractivity contribution in [2.75, 3.05) is 32.2 Å². The van der Waals surface area contributed by atoms with Crippen molar-refractivity contribution in [3.63, 3.8) is 0 Å². The Morgan fingerprint density at radius 1 is 0.814 bits per heavy atom. The number of sulfonamides is 1. The van der Waals surface area contributed by atoms with Gasteiger partial charge in [0.2, 0.25) is 0 Å². The third-order valence-electron chi connectivity index (χ3n) is 6.38. The van der Waals surface area contributed by atoms with Crippen LogP contribution in [0.2, 0.25) is 0 Å². The van der Waals surface area contributed by atoms with Crippen molar-refractivity contribution < 1.29 is 32.2 Å². The van der Waals surface area contributed by atoms with Crippen molar-refractivity contribution in [3.05, 3.63) is 108 Å². The van der Waals surface area contributed by atoms with Crippen LogP contribution in [0.1, 0.15) is 16.7 Å². The highest BCUT2D eigenvalue weighted by molar-refractivity contribution is 7.92. The van der Waals surface area contributed by atoms with E-state index in [1.165, 1.54) is 51.8 Å². The Morgan fingerprint density at radius 2 is 1.47 bits per heavy atom. The average molecular weight is 604 g/mol. The van der Waals surface area contributed by atoms with Crippen molar-refractivity contribution in [2.24, 2.45) is 5.10 Å². The molecule has 10 nitrogen and oxygen atoms in total. The lowest BCUT2D eigenvalue weighted by Crippen LogP contribution is -2.39. The van der Waals surface area contributed by atoms with Crippen molar-refractivity contribution in [2.45, 2.75) is 18.4 Å². The Bertz CT molecular complexity index is 1680. The number of rotatable bonds is 13. The molecule has 4 aromatic carbocycles. The molecule has 0 aliphatic heterocycles. The molecule has 0 spiro atoms. The van der Waals surface area contributed by atoms with Gasteiger partial charge in [-0.2, -0.15) is 5.10 Å². The van der Waals surface area contributed by atoms with Gasteiger partial charge in [-0.15, -0.1) is 0 Å². The van der Waals surface area contributed by atoms with Crippen molar-refractivity contribution in [1.82, 2.24) is 5.43 Å². The summed E-state index contributed by atoms with van der Waals surface area (Å²) in [5.74, 6) is 1.12. The van der Waals surface area contributed by atoms with Crippen LogP contribution < -0.4 is 28.7 Å². The summed E-state index contributed by atoms with van der Waals surface area (Å²) in [4.78, 5) is 13.0. The Balaban J connectivity index is 1.51. The third kappa shape index (κ3) is 7.83. The summed E-state index contributed by atoms with van der Waals surface area (Å²) in [6.07, 6.45) is 1.43. The Labute approximate surface area is 251 Å². The zero-order chi connectivity index (χ0) is 30.8. The first-order valence-corrected chi connectivity index (χ1v) is 14.7. The van der Waals surface area contributed by atoms with Gasteiger partial charge in [0.1, 0.15) is 13.2 Å². The molecule has 1 N–H and O–H groups in total. The van der Waals surface area contributed by atoms with Crippen LogP contribution in [0.5, 0.6) is 23.0 Å². The van der Waals surface area contributed by atoms with E-state index < -0.39 is 22.5 Å². The quantitative estimate of drug-likeness (QED) is 0.170. The summed E-state index contributed by atoms with van der Waals surface area (Å²) in [7, 11) is 0.319. The lowest BCUT2D eigenvalue weighted by molar-refractivity contribution is -0.119. The molecule has 0 atom stereocenters. The van der Waals surface area contributed by atoms with Crippen molar-refractivity contribution >= 4 is 27.8 Å². The predicted octanol–water partition coefficient (Wildman–Crippen LogP) is 4.95. The van der Waals surface area contributed by atoms with Gasteiger partial charge in [0.25, 0.3) is 15.9 Å².